The van der Waals surface area contributed by atoms with Crippen molar-refractivity contribution in [2.45, 2.75) is 131 Å². The Morgan fingerprint density at radius 1 is 0.868 bits per heavy atom. The van der Waals surface area contributed by atoms with Gasteiger partial charge in [0.2, 0.25) is 11.8 Å². The summed E-state index contributed by atoms with van der Waals surface area (Å²) in [6.45, 7) is 16.3. The highest BCUT2D eigenvalue weighted by molar-refractivity contribution is 5.98. The first kappa shape index (κ1) is 52.8. The van der Waals surface area contributed by atoms with Crippen molar-refractivity contribution in [3.8, 4) is 28.3 Å². The van der Waals surface area contributed by atoms with Gasteiger partial charge in [-0.3, -0.25) is 14.4 Å². The Kier molecular flexibility index (Phi) is 14.5. The van der Waals surface area contributed by atoms with Gasteiger partial charge in [-0.25, -0.2) is 19.4 Å². The van der Waals surface area contributed by atoms with Crippen molar-refractivity contribution >= 4 is 46.6 Å². The number of carbonyl (C=O) groups excluding carboxylic acids is 5. The first-order chi connectivity index (χ1) is 36.2. The lowest BCUT2D eigenvalue weighted by molar-refractivity contribution is -0.172. The molecule has 17 heteroatoms. The third kappa shape index (κ3) is 10.1. The van der Waals surface area contributed by atoms with Gasteiger partial charge in [0.25, 0.3) is 5.56 Å². The lowest BCUT2D eigenvalue weighted by atomic mass is 9.86. The van der Waals surface area contributed by atoms with E-state index in [2.05, 4.69) is 16.0 Å². The summed E-state index contributed by atoms with van der Waals surface area (Å²) in [5.74, 6) is -1.64. The number of amides is 4. The summed E-state index contributed by atoms with van der Waals surface area (Å²) in [4.78, 5) is 87.5. The van der Waals surface area contributed by atoms with Gasteiger partial charge < -0.3 is 49.5 Å². The minimum absolute atomic E-state index is 0.0397. The van der Waals surface area contributed by atoms with E-state index < -0.39 is 59.4 Å². The number of esters is 1. The number of rotatable bonds is 15. The number of aliphatic hydroxyl groups is 1. The molecule has 17 nitrogen and oxygen atoms in total. The number of aryl methyl sites for hydroxylation is 1. The SMILES string of the molecule is CCc1c2c(nc3ccc(OCc4ccc(NC(=O)[C@H](C)NC(=O)[C@@H](NC(=O)OC(C)(C)C)C(C)C)cc4CN(CC)C(=O)OC4c5ccccc5-c5ccccc54)cc13)-c1cc3c(c(=O)n1C2)COC(=O)[C@]3(O)CC. The van der Waals surface area contributed by atoms with Gasteiger partial charge in [0.1, 0.15) is 36.6 Å². The minimum Gasteiger partial charge on any atom is -0.489 e. The molecule has 396 valence electrons. The normalized spacial score (nSPS) is 16.1. The smallest absolute Gasteiger partial charge is 0.411 e. The van der Waals surface area contributed by atoms with Crippen LogP contribution in [-0.4, -0.2) is 73.8 Å². The van der Waals surface area contributed by atoms with Crippen LogP contribution in [0.1, 0.15) is 119 Å². The number of alkyl carbamates (subject to hydrolysis) is 1. The summed E-state index contributed by atoms with van der Waals surface area (Å²) in [6.07, 6.45) is -1.26. The van der Waals surface area contributed by atoms with E-state index in [1.807, 2.05) is 86.6 Å². The van der Waals surface area contributed by atoms with Crippen molar-refractivity contribution in [1.82, 2.24) is 25.1 Å². The second kappa shape index (κ2) is 20.9. The molecular formula is C59H64N6O11. The molecule has 0 unspecified atom stereocenters. The van der Waals surface area contributed by atoms with Gasteiger partial charge in [-0.2, -0.15) is 0 Å². The number of hydrogen-bond acceptors (Lipinski definition) is 12. The Morgan fingerprint density at radius 3 is 2.21 bits per heavy atom. The van der Waals surface area contributed by atoms with Gasteiger partial charge in [-0.1, -0.05) is 82.3 Å². The Hall–Kier alpha value is -8.05. The molecule has 2 aromatic heterocycles. The molecule has 3 atom stereocenters. The van der Waals surface area contributed by atoms with E-state index in [0.717, 1.165) is 38.8 Å². The molecule has 2 aliphatic heterocycles. The average molecular weight is 1030 g/mol. The molecule has 76 heavy (non-hydrogen) atoms. The number of fused-ring (bicyclic) bond motifs is 8. The largest absolute Gasteiger partial charge is 0.489 e. The second-order valence-corrected chi connectivity index (χ2v) is 20.9. The van der Waals surface area contributed by atoms with Crippen LogP contribution in [0.5, 0.6) is 5.75 Å². The monoisotopic (exact) mass is 1030 g/mol. The highest BCUT2D eigenvalue weighted by Gasteiger charge is 2.45. The molecule has 4 N–H and O–H groups in total. The van der Waals surface area contributed by atoms with E-state index in [9.17, 15) is 33.9 Å². The number of nitrogens with one attached hydrogen (secondary N) is 3. The molecule has 0 radical (unpaired) electrons. The molecule has 4 aromatic carbocycles. The molecular weight excluding hydrogens is 969 g/mol. The van der Waals surface area contributed by atoms with Crippen LogP contribution in [-0.2, 0) is 66.9 Å². The van der Waals surface area contributed by atoms with Crippen LogP contribution >= 0.6 is 0 Å². The summed E-state index contributed by atoms with van der Waals surface area (Å²) in [5, 5.41) is 20.5. The minimum atomic E-state index is -1.94. The number of benzene rings is 4. The number of ether oxygens (including phenoxy) is 4. The number of anilines is 1. The zero-order valence-electron chi connectivity index (χ0n) is 44.3. The van der Waals surface area contributed by atoms with Gasteiger partial charge in [0.05, 0.1) is 29.0 Å². The van der Waals surface area contributed by atoms with Crippen LogP contribution in [0.4, 0.5) is 15.3 Å². The molecule has 3 aliphatic rings. The molecule has 0 bridgehead atoms. The van der Waals surface area contributed by atoms with Crippen LogP contribution in [0.2, 0.25) is 0 Å². The quantitative estimate of drug-likeness (QED) is 0.0559. The highest BCUT2D eigenvalue weighted by atomic mass is 16.6. The summed E-state index contributed by atoms with van der Waals surface area (Å²) < 4.78 is 25.1. The fourth-order valence-corrected chi connectivity index (χ4v) is 10.3. The molecule has 0 saturated carbocycles. The van der Waals surface area contributed by atoms with E-state index in [4.69, 9.17) is 23.9 Å². The van der Waals surface area contributed by atoms with E-state index in [0.29, 0.717) is 45.9 Å². The van der Waals surface area contributed by atoms with Gasteiger partial charge in [-0.05, 0) is 118 Å². The van der Waals surface area contributed by atoms with Crippen LogP contribution < -0.4 is 26.2 Å². The predicted octanol–water partition coefficient (Wildman–Crippen LogP) is 8.94. The van der Waals surface area contributed by atoms with Gasteiger partial charge in [-0.15, -0.1) is 0 Å². The lowest BCUT2D eigenvalue weighted by Crippen LogP contribution is -2.54. The van der Waals surface area contributed by atoms with Gasteiger partial charge in [0, 0.05) is 46.4 Å². The Morgan fingerprint density at radius 2 is 1.57 bits per heavy atom. The second-order valence-electron chi connectivity index (χ2n) is 20.9. The van der Waals surface area contributed by atoms with Crippen LogP contribution in [0.3, 0.4) is 0 Å². The zero-order chi connectivity index (χ0) is 54.4. The Balaban J connectivity index is 0.982. The first-order valence-corrected chi connectivity index (χ1v) is 25.8. The standard InChI is InChI=1S/C59H64N6O11/c1-10-38-43-26-37(23-24-47(43)62-50-44(38)29-65-48(50)27-46-45(54(65)68)31-74-55(69)59(46,72)11-2)73-30-34-21-22-36(61-52(66)33(6)60-53(67)49(32(4)5)63-56(70)76-58(7,8)9)25-35(34)28-64(12-3)57(71)75-51-41-19-15-13-17-39(41)40-18-14-16-20-42(40)51/h13-27,32-33,49,51,72H,10-12,28-31H2,1-9H3,(H,60,67)(H,61,66)(H,63,70)/t33-,49-,59-/m0/s1. The third-order valence-corrected chi connectivity index (χ3v) is 14.4. The van der Waals surface area contributed by atoms with E-state index in [-0.39, 0.29) is 61.9 Å². The van der Waals surface area contributed by atoms with Crippen molar-refractivity contribution in [2.75, 3.05) is 11.9 Å². The van der Waals surface area contributed by atoms with E-state index in [1.54, 1.807) is 76.1 Å². The maximum atomic E-state index is 14.3. The number of nitrogens with zero attached hydrogens (tertiary/aromatic N) is 3. The highest BCUT2D eigenvalue weighted by Crippen LogP contribution is 2.46. The van der Waals surface area contributed by atoms with Crippen molar-refractivity contribution in [1.29, 1.82) is 0 Å². The molecule has 0 fully saturated rings. The maximum absolute atomic E-state index is 14.3. The Bertz CT molecular complexity index is 3330. The molecule has 0 saturated heterocycles. The van der Waals surface area contributed by atoms with E-state index in [1.165, 1.54) is 0 Å². The van der Waals surface area contributed by atoms with Crippen LogP contribution in [0, 0.1) is 5.92 Å². The van der Waals surface area contributed by atoms with Crippen molar-refractivity contribution < 1.29 is 48.0 Å². The summed E-state index contributed by atoms with van der Waals surface area (Å²) in [7, 11) is 0. The predicted molar refractivity (Wildman–Crippen MR) is 285 cm³/mol. The molecule has 6 aromatic rings. The summed E-state index contributed by atoms with van der Waals surface area (Å²) in [5.41, 5.74) is 6.66. The number of cyclic esters (lactones) is 1. The van der Waals surface area contributed by atoms with Crippen molar-refractivity contribution in [3.05, 3.63) is 146 Å². The fourth-order valence-electron chi connectivity index (χ4n) is 10.3. The summed E-state index contributed by atoms with van der Waals surface area (Å²) in [6, 6.07) is 26.4. The van der Waals surface area contributed by atoms with Crippen molar-refractivity contribution in [2.24, 2.45) is 5.92 Å². The zero-order valence-corrected chi connectivity index (χ0v) is 44.3. The van der Waals surface area contributed by atoms with Crippen LogP contribution in [0.25, 0.3) is 33.4 Å². The molecule has 4 heterocycles. The molecule has 0 spiro atoms. The first-order valence-electron chi connectivity index (χ1n) is 25.8. The average Bonchev–Trinajstić information content (AvgIpc) is 4.11. The summed E-state index contributed by atoms with van der Waals surface area (Å²) >= 11 is 0. The lowest BCUT2D eigenvalue weighted by Gasteiger charge is -2.31. The van der Waals surface area contributed by atoms with Gasteiger partial charge in [0.15, 0.2) is 11.7 Å². The molecule has 1 aliphatic carbocycles. The number of aromatic nitrogens is 2. The third-order valence-electron chi connectivity index (χ3n) is 14.4. The number of hydrogen-bond donors (Lipinski definition) is 4. The Labute approximate surface area is 440 Å². The molecule has 9 rings (SSSR count). The number of pyridine rings is 2. The topological polar surface area (TPSA) is 217 Å². The maximum Gasteiger partial charge on any atom is 0.411 e. The van der Waals surface area contributed by atoms with E-state index >= 15 is 0 Å². The van der Waals surface area contributed by atoms with Crippen molar-refractivity contribution in [3.63, 3.8) is 0 Å². The van der Waals surface area contributed by atoms with Gasteiger partial charge >= 0.3 is 18.2 Å². The molecule has 4 amide bonds. The number of carbonyl (C=O) groups is 5. The fraction of sp³-hybridized carbons (Fsp3) is 0.373. The van der Waals surface area contributed by atoms with Crippen LogP contribution in [0.15, 0.2) is 95.8 Å².